The van der Waals surface area contributed by atoms with E-state index in [1.807, 2.05) is 27.7 Å². The predicted molar refractivity (Wildman–Crippen MR) is 128 cm³/mol. The average Bonchev–Trinajstić information content (AvgIpc) is 2.66. The van der Waals surface area contributed by atoms with Crippen molar-refractivity contribution in [2.75, 3.05) is 6.61 Å². The van der Waals surface area contributed by atoms with Gasteiger partial charge in [0.2, 0.25) is 0 Å². The van der Waals surface area contributed by atoms with Crippen molar-refractivity contribution in [3.63, 3.8) is 0 Å². The molecule has 13 heteroatoms. The maximum Gasteiger partial charge on any atom is 0.136 e. The van der Waals surface area contributed by atoms with Crippen molar-refractivity contribution in [3.8, 4) is 0 Å². The minimum atomic E-state index is -0.917. The minimum Gasteiger partial charge on any atom is -0.395 e. The fourth-order valence-electron chi connectivity index (χ4n) is 3.21. The van der Waals surface area contributed by atoms with Crippen LogP contribution in [0, 0.1) is 71.6 Å². The molecular formula is C25H46BFO4Y7-6. The van der Waals surface area contributed by atoms with Crippen LogP contribution in [0.3, 0.4) is 0 Å². The largest absolute Gasteiger partial charge is 0.395 e. The van der Waals surface area contributed by atoms with Gasteiger partial charge in [-0.2, -0.15) is 0 Å². The third-order valence-electron chi connectivity index (χ3n) is 5.00. The maximum absolute atomic E-state index is 10.9. The molecule has 11 atom stereocenters. The summed E-state index contributed by atoms with van der Waals surface area (Å²) in [5.41, 5.74) is 0. The molecule has 0 amide bonds. The first-order valence-corrected chi connectivity index (χ1v) is 10.8. The molecule has 2 aliphatic rings. The fraction of sp³-hybridized carbons (Fsp3) is 0.760. The maximum atomic E-state index is 10.9. The summed E-state index contributed by atoms with van der Waals surface area (Å²) < 4.78 is 36.6. The first-order valence-electron chi connectivity index (χ1n) is 11.4. The number of ether oxygens (including phenoxy) is 3. The summed E-state index contributed by atoms with van der Waals surface area (Å²) in [6.45, 7) is 27.5. The van der Waals surface area contributed by atoms with Gasteiger partial charge in [-0.25, -0.2) is 0 Å². The van der Waals surface area contributed by atoms with E-state index < -0.39 is 37.1 Å². The standard InChI is InChI=1S/C17H29BO4.C4H8.C3H6F.CH3.7Y/c1-6-14-11(4)15(19)12(5)17(22-14)20-8-13-7-9(2)10(3)16(18)21-13;1-4(2)3;1-3(2)4;;;;;;;;/h9-17,19H,3,5-8H2,1-2,4H3;4H,1-2H2,3H3;3H,1H2,2H3;1H3;;;;;;;/q2*-2;2*-1;;;;;;;/t9?,10-,11+,12-,13?,14?,15?,16-,17+;;3-;;;;;;;;/m0.0......../s1/i7D;;;;;;;;;;/t7-,9?,10-,11+,12-,13?,14?,15?,16-,17+;;;;;;;;;;. The van der Waals surface area contributed by atoms with E-state index in [4.69, 9.17) is 23.4 Å². The predicted octanol–water partition coefficient (Wildman–Crippen LogP) is 4.86. The van der Waals surface area contributed by atoms with E-state index in [2.05, 4.69) is 34.6 Å². The van der Waals surface area contributed by atoms with Crippen molar-refractivity contribution in [2.24, 2.45) is 29.6 Å². The molecular weight excluding hydrogens is 1020 g/mol. The summed E-state index contributed by atoms with van der Waals surface area (Å²) >= 11 is 0. The van der Waals surface area contributed by atoms with Gasteiger partial charge in [-0.05, 0) is 25.0 Å². The van der Waals surface area contributed by atoms with Crippen LogP contribution in [-0.2, 0) is 243 Å². The van der Waals surface area contributed by atoms with Crippen LogP contribution in [0.25, 0.3) is 0 Å². The van der Waals surface area contributed by atoms with Gasteiger partial charge in [0.25, 0.3) is 0 Å². The zero-order valence-electron chi connectivity index (χ0n) is 25.5. The Kier molecular flexibility index (Phi) is 65.8. The van der Waals surface area contributed by atoms with Gasteiger partial charge in [0.1, 0.15) is 14.1 Å². The molecule has 0 saturated carbocycles. The normalized spacial score (nSPS) is 33.9. The molecule has 4 unspecified atom stereocenters. The summed E-state index contributed by atoms with van der Waals surface area (Å²) in [7, 11) is 5.93. The van der Waals surface area contributed by atoms with Gasteiger partial charge in [0.05, 0.1) is 18.8 Å². The third kappa shape index (κ3) is 30.9. The first kappa shape index (κ1) is 64.1. The quantitative estimate of drug-likeness (QED) is 0.324. The van der Waals surface area contributed by atoms with Crippen molar-refractivity contribution in [1.29, 1.82) is 0 Å². The molecule has 0 aromatic heterocycles. The van der Waals surface area contributed by atoms with Gasteiger partial charge >= 0.3 is 0 Å². The number of halogens is 1. The van der Waals surface area contributed by atoms with Crippen molar-refractivity contribution >= 4 is 7.85 Å². The number of aliphatic hydroxyl groups excluding tert-OH is 1. The molecule has 2 rings (SSSR count). The molecule has 0 aromatic rings. The van der Waals surface area contributed by atoms with Crippen LogP contribution >= 0.6 is 0 Å². The molecule has 2 heterocycles. The number of hydrogen-bond donors (Lipinski definition) is 1. The zero-order valence-corrected chi connectivity index (χ0v) is 44.4. The van der Waals surface area contributed by atoms with Crippen LogP contribution in [0.1, 0.15) is 48.8 Å². The second-order valence-electron chi connectivity index (χ2n) is 8.54. The van der Waals surface area contributed by atoms with E-state index in [0.717, 1.165) is 6.42 Å². The second kappa shape index (κ2) is 39.0. The molecule has 0 aliphatic carbocycles. The summed E-state index contributed by atoms with van der Waals surface area (Å²) in [5, 5.41) is 10.3. The van der Waals surface area contributed by atoms with Gasteiger partial charge in [0.15, 0.2) is 0 Å². The van der Waals surface area contributed by atoms with E-state index in [-0.39, 0.29) is 273 Å². The van der Waals surface area contributed by atoms with Crippen LogP contribution in [0.15, 0.2) is 0 Å². The third-order valence-corrected chi connectivity index (χ3v) is 5.00. The molecule has 4 nitrogen and oxygen atoms in total. The van der Waals surface area contributed by atoms with Crippen molar-refractivity contribution in [3.05, 3.63) is 42.0 Å². The van der Waals surface area contributed by atoms with Gasteiger partial charge in [-0.3, -0.25) is 4.39 Å². The van der Waals surface area contributed by atoms with E-state index in [0.29, 0.717) is 5.92 Å². The van der Waals surface area contributed by atoms with E-state index >= 15 is 0 Å². The van der Waals surface area contributed by atoms with Crippen LogP contribution in [-0.4, -0.2) is 56.3 Å². The van der Waals surface area contributed by atoms with Gasteiger partial charge in [-0.1, -0.05) is 39.5 Å². The van der Waals surface area contributed by atoms with Gasteiger partial charge in [0, 0.05) is 242 Å². The van der Waals surface area contributed by atoms with E-state index in [9.17, 15) is 9.50 Å². The number of hydrogen-bond acceptors (Lipinski definition) is 4. The molecule has 9 radical (unpaired) electrons. The smallest absolute Gasteiger partial charge is 0.136 e. The molecule has 2 aliphatic heterocycles. The summed E-state index contributed by atoms with van der Waals surface area (Å²) in [5.74, 6) is -0.0820. The van der Waals surface area contributed by atoms with Crippen molar-refractivity contribution < 1.29 is 254 Å². The van der Waals surface area contributed by atoms with Crippen molar-refractivity contribution in [1.82, 2.24) is 0 Å². The molecule has 38 heavy (non-hydrogen) atoms. The SMILES string of the molecule is [2H][C@@H]1C(CO[C@@H]2OC(CC)[C@@H](C)C(O)[C@@H]2[CH2-])O[C@H]([B])[C@@H]([CH2-])C1C.[CH2-]C([CH2-])C.[CH2-][C@@H](C)F.[CH3-].[Y].[Y].[Y].[Y].[Y].[Y].[Y]. The molecule has 0 spiro atoms. The summed E-state index contributed by atoms with van der Waals surface area (Å²) in [4.78, 5) is 0. The Hall–Kier alpha value is 7.56. The minimum absolute atomic E-state index is 0. The molecule has 0 bridgehead atoms. The Balaban J connectivity index is -0.0000000716. The summed E-state index contributed by atoms with van der Waals surface area (Å²) in [6, 6.07) is -0.489. The van der Waals surface area contributed by atoms with Gasteiger partial charge in [-0.15, -0.1) is 12.8 Å². The van der Waals surface area contributed by atoms with E-state index in [1.54, 1.807) is 0 Å². The number of rotatable bonds is 4. The second-order valence-corrected chi connectivity index (χ2v) is 8.54. The Morgan fingerprint density at radius 1 is 1.00 bits per heavy atom. The van der Waals surface area contributed by atoms with Crippen molar-refractivity contribution in [2.45, 2.75) is 84.2 Å². The van der Waals surface area contributed by atoms with Crippen LogP contribution < -0.4 is 0 Å². The van der Waals surface area contributed by atoms with Crippen LogP contribution in [0.4, 0.5) is 4.39 Å². The van der Waals surface area contributed by atoms with Gasteiger partial charge < -0.3 is 67.3 Å². The summed E-state index contributed by atoms with van der Waals surface area (Å²) in [6.07, 6.45) is -2.20. The number of aliphatic hydroxyl groups is 1. The average molecular weight is 1060 g/mol. The topological polar surface area (TPSA) is 47.9 Å². The monoisotopic (exact) mass is 1060 g/mol. The Morgan fingerprint density at radius 3 is 1.76 bits per heavy atom. The van der Waals surface area contributed by atoms with Crippen LogP contribution in [0.2, 0.25) is 0 Å². The molecule has 0 aromatic carbocycles. The fourth-order valence-corrected chi connectivity index (χ4v) is 3.21. The van der Waals surface area contributed by atoms with E-state index in [1.165, 1.54) is 6.92 Å². The molecule has 207 valence electrons. The zero-order chi connectivity index (χ0) is 24.5. The Labute approximate surface area is 415 Å². The molecule has 2 saturated heterocycles. The molecule has 1 N–H and O–H groups in total. The van der Waals surface area contributed by atoms with Crippen LogP contribution in [0.5, 0.6) is 0 Å². The number of alkyl halides is 1. The molecule has 2 fully saturated rings. The Bertz CT molecular complexity index is 484. The first-order chi connectivity index (χ1) is 14.2. The Morgan fingerprint density at radius 2 is 1.39 bits per heavy atom.